The molecule has 0 saturated heterocycles. The van der Waals surface area contributed by atoms with Crippen LogP contribution in [0.15, 0.2) is 5.16 Å². The normalized spacial score (nSPS) is 13.2. The Bertz CT molecular complexity index is 606. The molecule has 0 aliphatic rings. The van der Waals surface area contributed by atoms with Gasteiger partial charge in [0.05, 0.1) is 0 Å². The first kappa shape index (κ1) is 33.9. The first-order valence-electron chi connectivity index (χ1n) is 14.6. The average molecular weight is 511 g/mol. The fourth-order valence-corrected chi connectivity index (χ4v) is 4.00. The third-order valence-corrected chi connectivity index (χ3v) is 6.26. The van der Waals surface area contributed by atoms with Crippen LogP contribution in [0.3, 0.4) is 0 Å². The van der Waals surface area contributed by atoms with Gasteiger partial charge in [-0.05, 0) is 51.4 Å². The number of oxime groups is 1. The Kier molecular flexibility index (Phi) is 25.8. The van der Waals surface area contributed by atoms with Crippen molar-refractivity contribution in [2.24, 2.45) is 5.16 Å². The summed E-state index contributed by atoms with van der Waals surface area (Å²) < 4.78 is 3.21. The summed E-state index contributed by atoms with van der Waals surface area (Å²) in [6.07, 6.45) is 26.7. The van der Waals surface area contributed by atoms with Crippen molar-refractivity contribution < 1.29 is 19.4 Å². The molecule has 0 unspecified atom stereocenters. The van der Waals surface area contributed by atoms with Gasteiger partial charge >= 0.3 is 0 Å². The van der Waals surface area contributed by atoms with E-state index < -0.39 is 0 Å². The van der Waals surface area contributed by atoms with Gasteiger partial charge in [0, 0.05) is 44.7 Å². The van der Waals surface area contributed by atoms with Gasteiger partial charge < -0.3 is 20.8 Å². The van der Waals surface area contributed by atoms with Gasteiger partial charge in [0.15, 0.2) is 38.3 Å². The lowest BCUT2D eigenvalue weighted by molar-refractivity contribution is -0.455. The van der Waals surface area contributed by atoms with Crippen LogP contribution < -0.4 is 0 Å². The molecule has 0 atom stereocenters. The van der Waals surface area contributed by atoms with Crippen molar-refractivity contribution >= 4 is 24.9 Å². The lowest BCUT2D eigenvalue weighted by Gasteiger charge is -2.06. The molecule has 0 aliphatic heterocycles. The first-order valence-corrected chi connectivity index (χ1v) is 14.6. The molecule has 0 rings (SSSR count). The Labute approximate surface area is 220 Å². The second-order valence-corrected chi connectivity index (χ2v) is 9.73. The minimum absolute atomic E-state index is 0.544. The highest BCUT2D eigenvalue weighted by molar-refractivity contribution is 5.56. The molecule has 8 heteroatoms. The van der Waals surface area contributed by atoms with E-state index in [9.17, 15) is 15.6 Å². The fourth-order valence-electron chi connectivity index (χ4n) is 4.00. The zero-order chi connectivity index (χ0) is 26.5. The average Bonchev–Trinajstić information content (AvgIpc) is 2.86. The third-order valence-electron chi connectivity index (χ3n) is 6.26. The zero-order valence-electron chi connectivity index (χ0n) is 23.0. The second-order valence-electron chi connectivity index (χ2n) is 9.73. The minimum Gasteiger partial charge on any atom is -0.624 e. The van der Waals surface area contributed by atoms with Crippen LogP contribution in [0.1, 0.15) is 135 Å². The van der Waals surface area contributed by atoms with Crippen molar-refractivity contribution in [1.29, 1.82) is 0 Å². The van der Waals surface area contributed by atoms with E-state index in [-0.39, 0.29) is 0 Å². The Morgan fingerprint density at radius 1 is 0.500 bits per heavy atom. The predicted octanol–water partition coefficient (Wildman–Crippen LogP) is 7.01. The topological polar surface area (TPSA) is 111 Å². The predicted molar refractivity (Wildman–Crippen MR) is 152 cm³/mol. The maximum absolute atomic E-state index is 11.9. The monoisotopic (exact) mass is 510 g/mol. The Morgan fingerprint density at radius 2 is 0.833 bits per heavy atom. The van der Waals surface area contributed by atoms with E-state index in [0.29, 0.717) is 19.6 Å². The standard InChI is InChI=1S/C28H54N4O4/c1-2-3-4-9-16-23-30(34)25-18-11-6-13-20-27-32(36)28-21-14-7-12-19-26-31(35)24-17-10-5-8-15-22-29-33/h22-24,27,33H,2-21,25-26,28H2,1H3/b29-22+,30-23-,31-24-,32-27-. The van der Waals surface area contributed by atoms with Crippen molar-refractivity contribution in [1.82, 2.24) is 0 Å². The molecule has 0 aromatic rings. The number of unbranched alkanes of at least 4 members (excludes halogenated alkanes) is 16. The highest BCUT2D eigenvalue weighted by Gasteiger charge is 2.00. The van der Waals surface area contributed by atoms with E-state index in [1.54, 1.807) is 18.6 Å². The Hall–Kier alpha value is -2.12. The molecule has 0 heterocycles. The first-order chi connectivity index (χ1) is 17.6. The van der Waals surface area contributed by atoms with E-state index in [2.05, 4.69) is 12.1 Å². The van der Waals surface area contributed by atoms with E-state index in [0.717, 1.165) is 123 Å². The van der Waals surface area contributed by atoms with Crippen molar-refractivity contribution in [3.63, 3.8) is 0 Å². The fraction of sp³-hybridized carbons (Fsp3) is 0.857. The second kappa shape index (κ2) is 27.5. The van der Waals surface area contributed by atoms with Gasteiger partial charge in [-0.15, -0.1) is 5.16 Å². The number of rotatable bonds is 26. The molecule has 0 radical (unpaired) electrons. The summed E-state index contributed by atoms with van der Waals surface area (Å²) in [5.74, 6) is 0. The molecule has 0 bridgehead atoms. The number of hydrogen-bond acceptors (Lipinski definition) is 5. The molecule has 0 aromatic carbocycles. The van der Waals surface area contributed by atoms with Crippen LogP contribution in [-0.4, -0.2) is 63.9 Å². The summed E-state index contributed by atoms with van der Waals surface area (Å²) in [7, 11) is 0. The summed E-state index contributed by atoms with van der Waals surface area (Å²) in [6, 6.07) is 0. The van der Waals surface area contributed by atoms with Crippen LogP contribution in [0.4, 0.5) is 0 Å². The van der Waals surface area contributed by atoms with Gasteiger partial charge in [-0.1, -0.05) is 45.4 Å². The van der Waals surface area contributed by atoms with Crippen LogP contribution in [0.25, 0.3) is 0 Å². The molecule has 0 amide bonds. The van der Waals surface area contributed by atoms with Crippen molar-refractivity contribution in [3.8, 4) is 0 Å². The number of nitrogens with zero attached hydrogens (tertiary/aromatic N) is 4. The van der Waals surface area contributed by atoms with E-state index in [4.69, 9.17) is 5.21 Å². The Balaban J connectivity index is 3.52. The lowest BCUT2D eigenvalue weighted by Crippen LogP contribution is -2.08. The molecule has 0 spiro atoms. The van der Waals surface area contributed by atoms with E-state index in [1.165, 1.54) is 25.5 Å². The largest absolute Gasteiger partial charge is 0.624 e. The molecule has 0 aromatic heterocycles. The number of hydroxylamine groups is 3. The maximum Gasteiger partial charge on any atom is 0.153 e. The molecule has 0 saturated carbocycles. The Morgan fingerprint density at radius 3 is 1.25 bits per heavy atom. The van der Waals surface area contributed by atoms with Crippen LogP contribution >= 0.6 is 0 Å². The van der Waals surface area contributed by atoms with Gasteiger partial charge in [0.25, 0.3) is 0 Å². The van der Waals surface area contributed by atoms with Crippen LogP contribution in [0, 0.1) is 15.6 Å². The smallest absolute Gasteiger partial charge is 0.153 e. The molecule has 0 fully saturated rings. The number of hydrogen-bond donors (Lipinski definition) is 1. The van der Waals surface area contributed by atoms with E-state index >= 15 is 0 Å². The molecule has 36 heavy (non-hydrogen) atoms. The highest BCUT2D eigenvalue weighted by atomic mass is 16.5. The molecular formula is C28H54N4O4. The highest BCUT2D eigenvalue weighted by Crippen LogP contribution is 2.05. The van der Waals surface area contributed by atoms with Gasteiger partial charge in [-0.25, -0.2) is 14.2 Å². The summed E-state index contributed by atoms with van der Waals surface area (Å²) in [4.78, 5) is 0. The van der Waals surface area contributed by atoms with Crippen LogP contribution in [0.5, 0.6) is 0 Å². The minimum atomic E-state index is 0.544. The van der Waals surface area contributed by atoms with Gasteiger partial charge in [0.2, 0.25) is 0 Å². The molecule has 1 N–H and O–H groups in total. The summed E-state index contributed by atoms with van der Waals surface area (Å²) in [5.41, 5.74) is 0. The summed E-state index contributed by atoms with van der Waals surface area (Å²) >= 11 is 0. The SMILES string of the molecule is CCCCCC/C=[N+](\[O-])CCCCCC/C=[N+](\[O-])CCCCCCC/[N+]([O-])=C/CCCCC/C=N/O. The van der Waals surface area contributed by atoms with Crippen LogP contribution in [0.2, 0.25) is 0 Å². The molecule has 210 valence electrons. The van der Waals surface area contributed by atoms with Crippen LogP contribution in [-0.2, 0) is 0 Å². The van der Waals surface area contributed by atoms with Crippen molar-refractivity contribution in [2.75, 3.05) is 19.6 Å². The molecule has 8 nitrogen and oxygen atoms in total. The maximum atomic E-state index is 11.9. The molecule has 0 aliphatic carbocycles. The third kappa shape index (κ3) is 26.5. The summed E-state index contributed by atoms with van der Waals surface area (Å²) in [6.45, 7) is 3.86. The van der Waals surface area contributed by atoms with Gasteiger partial charge in [0.1, 0.15) is 0 Å². The van der Waals surface area contributed by atoms with Crippen molar-refractivity contribution in [3.05, 3.63) is 15.6 Å². The van der Waals surface area contributed by atoms with Gasteiger partial charge in [-0.2, -0.15) is 0 Å². The van der Waals surface area contributed by atoms with Gasteiger partial charge in [-0.3, -0.25) is 0 Å². The lowest BCUT2D eigenvalue weighted by atomic mass is 10.1. The van der Waals surface area contributed by atoms with Crippen molar-refractivity contribution in [2.45, 2.75) is 135 Å². The molecular weight excluding hydrogens is 456 g/mol. The van der Waals surface area contributed by atoms with E-state index in [1.807, 2.05) is 0 Å². The quantitative estimate of drug-likeness (QED) is 0.0337. The summed E-state index contributed by atoms with van der Waals surface area (Å²) in [5, 5.41) is 46.7. The zero-order valence-corrected chi connectivity index (χ0v) is 23.0.